The van der Waals surface area contributed by atoms with E-state index in [-0.39, 0.29) is 30.3 Å². The van der Waals surface area contributed by atoms with Gasteiger partial charge in [0.2, 0.25) is 0 Å². The molecule has 8 nitrogen and oxygen atoms in total. The molecule has 3 rings (SSSR count). The van der Waals surface area contributed by atoms with Crippen molar-refractivity contribution in [3.05, 3.63) is 23.3 Å². The molecule has 1 heterocycles. The largest absolute Gasteiger partial charge is 0.517 e. The first kappa shape index (κ1) is 27.5. The van der Waals surface area contributed by atoms with Gasteiger partial charge in [0.15, 0.2) is 0 Å². The number of sulfonamides is 2. The molecule has 35 heavy (non-hydrogen) atoms. The third-order valence-corrected chi connectivity index (χ3v) is 9.45. The number of hydrogen-bond acceptors (Lipinski definition) is 6. The molecule has 1 atom stereocenters. The van der Waals surface area contributed by atoms with Gasteiger partial charge in [0.05, 0.1) is 11.8 Å². The monoisotopic (exact) mass is 552 g/mol. The van der Waals surface area contributed by atoms with E-state index in [1.165, 1.54) is 6.92 Å². The van der Waals surface area contributed by atoms with Crippen molar-refractivity contribution >= 4 is 37.3 Å². The quantitative estimate of drug-likeness (QED) is 0.497. The minimum absolute atomic E-state index is 0.0163. The number of carbonyl (C=O) groups is 1. The molecule has 1 aliphatic carbocycles. The van der Waals surface area contributed by atoms with Crippen LogP contribution in [0.4, 0.5) is 37.7 Å². The molecule has 16 heteroatoms. The van der Waals surface area contributed by atoms with Crippen molar-refractivity contribution in [3.63, 3.8) is 0 Å². The summed E-state index contributed by atoms with van der Waals surface area (Å²) in [6.45, 7) is 2.33. The van der Waals surface area contributed by atoms with Crippen LogP contribution >= 0.6 is 0 Å². The molecule has 2 aliphatic rings. The number of rotatable bonds is 6. The minimum Gasteiger partial charge on any atom is -0.365 e. The van der Waals surface area contributed by atoms with E-state index in [1.807, 2.05) is 0 Å². The number of nitrogens with zero attached hydrogens (tertiary/aromatic N) is 2. The number of halogens is 6. The third kappa shape index (κ3) is 4.96. The molecule has 1 amide bonds. The van der Waals surface area contributed by atoms with E-state index in [2.05, 4.69) is 0 Å². The van der Waals surface area contributed by atoms with Gasteiger partial charge in [-0.3, -0.25) is 4.79 Å². The third-order valence-electron chi connectivity index (χ3n) is 5.84. The van der Waals surface area contributed by atoms with Gasteiger partial charge < -0.3 is 9.64 Å². The molecule has 198 valence electrons. The molecule has 1 aromatic rings. The van der Waals surface area contributed by atoms with Crippen molar-refractivity contribution < 1.29 is 52.7 Å². The summed E-state index contributed by atoms with van der Waals surface area (Å²) >= 11 is 0. The summed E-state index contributed by atoms with van der Waals surface area (Å²) < 4.78 is 132. The summed E-state index contributed by atoms with van der Waals surface area (Å²) in [5.74, 6) is -0.612. The van der Waals surface area contributed by atoms with Gasteiger partial charge in [-0.1, -0.05) is 18.9 Å². The van der Waals surface area contributed by atoms with E-state index in [9.17, 15) is 48.0 Å². The lowest BCUT2D eigenvalue weighted by molar-refractivity contribution is -0.130. The van der Waals surface area contributed by atoms with Crippen LogP contribution in [0.25, 0.3) is 0 Å². The fourth-order valence-electron chi connectivity index (χ4n) is 4.17. The number of ether oxygens (including phenoxy) is 1. The fraction of sp³-hybridized carbons (Fsp3) is 0.632. The second-order valence-electron chi connectivity index (χ2n) is 8.33. The second kappa shape index (κ2) is 9.10. The summed E-state index contributed by atoms with van der Waals surface area (Å²) in [5.41, 5.74) is -14.7. The zero-order valence-electron chi connectivity index (χ0n) is 18.5. The Balaban J connectivity index is 2.11. The Hall–Kier alpha value is -2.07. The Morgan fingerprint density at radius 2 is 1.40 bits per heavy atom. The van der Waals surface area contributed by atoms with Gasteiger partial charge in [-0.05, 0) is 43.9 Å². The molecule has 0 radical (unpaired) electrons. The van der Waals surface area contributed by atoms with Crippen molar-refractivity contribution in [2.45, 2.75) is 69.2 Å². The van der Waals surface area contributed by atoms with Gasteiger partial charge in [-0.15, -0.1) is 3.71 Å². The number of carbonyl (C=O) groups excluding carboxylic acids is 1. The first-order chi connectivity index (χ1) is 15.9. The smallest absolute Gasteiger partial charge is 0.365 e. The van der Waals surface area contributed by atoms with Crippen molar-refractivity contribution in [3.8, 4) is 0 Å². The van der Waals surface area contributed by atoms with E-state index in [0.717, 1.165) is 43.6 Å². The van der Waals surface area contributed by atoms with E-state index in [0.29, 0.717) is 6.07 Å². The van der Waals surface area contributed by atoms with Gasteiger partial charge in [0.1, 0.15) is 6.10 Å². The molecule has 0 N–H and O–H groups in total. The molecule has 1 saturated heterocycles. The summed E-state index contributed by atoms with van der Waals surface area (Å²) in [6.07, 6.45) is 2.48. The van der Waals surface area contributed by atoms with Crippen molar-refractivity contribution in [1.29, 1.82) is 0 Å². The van der Waals surface area contributed by atoms with Crippen molar-refractivity contribution in [2.24, 2.45) is 0 Å². The molecule has 0 spiro atoms. The highest BCUT2D eigenvalue weighted by Crippen LogP contribution is 2.42. The molecule has 1 unspecified atom stereocenters. The van der Waals surface area contributed by atoms with Crippen LogP contribution in [0.3, 0.4) is 0 Å². The normalized spacial score (nSPS) is 20.6. The lowest BCUT2D eigenvalue weighted by Gasteiger charge is -2.29. The molecule has 2 fully saturated rings. The lowest BCUT2D eigenvalue weighted by atomic mass is 10.1. The van der Waals surface area contributed by atoms with Gasteiger partial charge in [-0.25, -0.2) is 0 Å². The maximum atomic E-state index is 13.3. The Labute approximate surface area is 197 Å². The molecule has 1 aromatic carbocycles. The van der Waals surface area contributed by atoms with Gasteiger partial charge in [-0.2, -0.15) is 43.2 Å². The van der Waals surface area contributed by atoms with Crippen LogP contribution in [0, 0.1) is 13.8 Å². The molecule has 1 saturated carbocycles. The lowest BCUT2D eigenvalue weighted by Crippen LogP contribution is -2.49. The van der Waals surface area contributed by atoms with Gasteiger partial charge >= 0.3 is 31.1 Å². The van der Waals surface area contributed by atoms with Crippen LogP contribution in [0.5, 0.6) is 0 Å². The highest BCUT2D eigenvalue weighted by Gasteiger charge is 2.62. The van der Waals surface area contributed by atoms with E-state index >= 15 is 0 Å². The summed E-state index contributed by atoms with van der Waals surface area (Å²) in [5, 5.41) is 0. The molecular weight excluding hydrogens is 530 g/mol. The Kier molecular flexibility index (Phi) is 7.16. The Bertz CT molecular complexity index is 1160. The first-order valence-electron chi connectivity index (χ1n) is 10.4. The highest BCUT2D eigenvalue weighted by atomic mass is 32.3. The Morgan fingerprint density at radius 3 is 1.89 bits per heavy atom. The number of hydrogen-bond donors (Lipinski definition) is 0. The van der Waals surface area contributed by atoms with E-state index in [4.69, 9.17) is 4.74 Å². The van der Waals surface area contributed by atoms with Gasteiger partial charge in [0, 0.05) is 18.7 Å². The summed E-state index contributed by atoms with van der Waals surface area (Å²) in [6, 6.07) is 1.54. The maximum Gasteiger partial charge on any atom is 0.517 e. The zero-order chi connectivity index (χ0) is 26.6. The molecular formula is C19H22F6N2O6S2. The number of anilines is 2. The standard InChI is InChI=1S/C19H22F6N2O6S2/c1-11-9-12(2)15(27(34(29,30)18(20,21)22)35(31,32)19(23,24)25)10-14(11)26-8-7-16(17(26)28)33-13-5-3-4-6-13/h9-10,13,16H,3-8H2,1-2H3. The van der Waals surface area contributed by atoms with E-state index in [1.54, 1.807) is 0 Å². The topological polar surface area (TPSA) is 101 Å². The summed E-state index contributed by atoms with van der Waals surface area (Å²) in [4.78, 5) is 14.0. The van der Waals surface area contributed by atoms with Crippen LogP contribution in [0.1, 0.15) is 43.2 Å². The molecule has 0 bridgehead atoms. The van der Waals surface area contributed by atoms with Crippen molar-refractivity contribution in [1.82, 2.24) is 0 Å². The van der Waals surface area contributed by atoms with Gasteiger partial charge in [0.25, 0.3) is 5.91 Å². The van der Waals surface area contributed by atoms with Crippen LogP contribution < -0.4 is 8.61 Å². The highest BCUT2D eigenvalue weighted by molar-refractivity contribution is 8.11. The number of amides is 1. The average Bonchev–Trinajstić information content (AvgIpc) is 3.33. The molecule has 0 aromatic heterocycles. The predicted molar refractivity (Wildman–Crippen MR) is 112 cm³/mol. The number of alkyl halides is 6. The maximum absolute atomic E-state index is 13.3. The first-order valence-corrected chi connectivity index (χ1v) is 13.3. The SMILES string of the molecule is Cc1cc(C)c(N(S(=O)(=O)C(F)(F)F)S(=O)(=O)C(F)(F)F)cc1N1CCC(OC2CCCC2)C1=O. The van der Waals surface area contributed by atoms with E-state index < -0.39 is 58.0 Å². The van der Waals surface area contributed by atoms with Crippen LogP contribution in [0.15, 0.2) is 12.1 Å². The van der Waals surface area contributed by atoms with Crippen molar-refractivity contribution in [2.75, 3.05) is 15.2 Å². The summed E-state index contributed by atoms with van der Waals surface area (Å²) in [7, 11) is -14.1. The number of benzene rings is 1. The fourth-order valence-corrected chi connectivity index (χ4v) is 7.00. The van der Waals surface area contributed by atoms with Crippen LogP contribution in [0.2, 0.25) is 0 Å². The zero-order valence-corrected chi connectivity index (χ0v) is 20.1. The molecule has 1 aliphatic heterocycles. The van der Waals surface area contributed by atoms with Crippen LogP contribution in [-0.4, -0.2) is 52.5 Å². The second-order valence-corrected chi connectivity index (χ2v) is 12.1. The Morgan fingerprint density at radius 1 is 0.886 bits per heavy atom. The number of aryl methyl sites for hydroxylation is 2. The average molecular weight is 553 g/mol. The predicted octanol–water partition coefficient (Wildman–Crippen LogP) is 3.87. The van der Waals surface area contributed by atoms with Crippen LogP contribution in [-0.2, 0) is 29.6 Å². The minimum atomic E-state index is -7.05.